The van der Waals surface area contributed by atoms with E-state index in [4.69, 9.17) is 4.74 Å². The van der Waals surface area contributed by atoms with Gasteiger partial charge in [-0.15, -0.1) is 5.10 Å². The fourth-order valence-electron chi connectivity index (χ4n) is 3.72. The summed E-state index contributed by atoms with van der Waals surface area (Å²) in [6.45, 7) is 2.45. The largest absolute Gasteiger partial charge is 0.378 e. The standard InChI is InChI=1S/C21H20N6O3/c28-20-17(12-15-2-1-7-22-19(15)23-20)18-13-27(25-24-18)16-5-3-14(4-6-16)21(29)26-8-10-30-11-9-26/h1-3,5,7,12-13H,4,6,8-11H2,(H,22,23,28). The van der Waals surface area contributed by atoms with Crippen LogP contribution in [-0.2, 0) is 9.53 Å². The summed E-state index contributed by atoms with van der Waals surface area (Å²) in [5.74, 6) is 0.0733. The smallest absolute Gasteiger partial charge is 0.259 e. The molecule has 1 fully saturated rings. The maximum Gasteiger partial charge on any atom is 0.259 e. The van der Waals surface area contributed by atoms with Crippen molar-refractivity contribution in [3.05, 3.63) is 58.7 Å². The van der Waals surface area contributed by atoms with Crippen molar-refractivity contribution in [3.63, 3.8) is 0 Å². The maximum absolute atomic E-state index is 12.6. The molecule has 9 nitrogen and oxygen atoms in total. The molecule has 0 unspecified atom stereocenters. The molecular weight excluding hydrogens is 384 g/mol. The van der Waals surface area contributed by atoms with Gasteiger partial charge < -0.3 is 14.6 Å². The van der Waals surface area contributed by atoms with E-state index in [0.29, 0.717) is 56.0 Å². The number of nitrogens with one attached hydrogen (secondary N) is 1. The molecule has 5 rings (SSSR count). The number of carbonyl (C=O) groups excluding carboxylic acids is 1. The van der Waals surface area contributed by atoms with Gasteiger partial charge in [0.2, 0.25) is 5.91 Å². The lowest BCUT2D eigenvalue weighted by molar-refractivity contribution is -0.131. The lowest BCUT2D eigenvalue weighted by Gasteiger charge is -2.28. The van der Waals surface area contributed by atoms with Crippen LogP contribution in [0.15, 0.2) is 53.1 Å². The van der Waals surface area contributed by atoms with E-state index in [9.17, 15) is 9.59 Å². The molecule has 0 saturated carbocycles. The monoisotopic (exact) mass is 404 g/mol. The van der Waals surface area contributed by atoms with Crippen LogP contribution in [0, 0.1) is 0 Å². The number of hydrogen-bond donors (Lipinski definition) is 1. The molecule has 0 spiro atoms. The summed E-state index contributed by atoms with van der Waals surface area (Å²) in [4.78, 5) is 33.8. The zero-order valence-corrected chi connectivity index (χ0v) is 16.2. The van der Waals surface area contributed by atoms with Crippen LogP contribution in [0.4, 0.5) is 0 Å². The Morgan fingerprint density at radius 1 is 1.17 bits per heavy atom. The number of carbonyl (C=O) groups is 1. The highest BCUT2D eigenvalue weighted by atomic mass is 16.5. The number of pyridine rings is 2. The first-order valence-electron chi connectivity index (χ1n) is 9.87. The van der Waals surface area contributed by atoms with Crippen LogP contribution < -0.4 is 5.56 Å². The number of aromatic amines is 1. The Hall–Kier alpha value is -3.59. The van der Waals surface area contributed by atoms with E-state index < -0.39 is 0 Å². The Morgan fingerprint density at radius 3 is 2.83 bits per heavy atom. The number of aromatic nitrogens is 5. The van der Waals surface area contributed by atoms with Gasteiger partial charge in [0.25, 0.3) is 5.56 Å². The number of H-pyrrole nitrogens is 1. The van der Waals surface area contributed by atoms with Crippen molar-refractivity contribution in [1.82, 2.24) is 29.9 Å². The molecule has 9 heteroatoms. The number of amides is 1. The van der Waals surface area contributed by atoms with E-state index in [0.717, 1.165) is 16.7 Å². The average molecular weight is 404 g/mol. The minimum atomic E-state index is -0.260. The fourth-order valence-corrected chi connectivity index (χ4v) is 3.72. The summed E-state index contributed by atoms with van der Waals surface area (Å²) in [7, 11) is 0. The van der Waals surface area contributed by atoms with Gasteiger partial charge in [0.15, 0.2) is 0 Å². The number of ether oxygens (including phenoxy) is 1. The minimum Gasteiger partial charge on any atom is -0.378 e. The van der Waals surface area contributed by atoms with Gasteiger partial charge in [0.1, 0.15) is 11.3 Å². The quantitative estimate of drug-likeness (QED) is 0.711. The molecule has 1 saturated heterocycles. The van der Waals surface area contributed by atoms with Crippen molar-refractivity contribution in [3.8, 4) is 11.3 Å². The molecule has 0 radical (unpaired) electrons. The molecule has 0 bridgehead atoms. The molecular formula is C21H20N6O3. The van der Waals surface area contributed by atoms with Crippen LogP contribution in [0.25, 0.3) is 28.0 Å². The molecule has 2 aliphatic rings. The molecule has 1 N–H and O–H groups in total. The topological polar surface area (TPSA) is 106 Å². The number of rotatable bonds is 3. The Balaban J connectivity index is 1.39. The summed E-state index contributed by atoms with van der Waals surface area (Å²) >= 11 is 0. The maximum atomic E-state index is 12.6. The van der Waals surface area contributed by atoms with Crippen molar-refractivity contribution in [2.45, 2.75) is 12.8 Å². The number of allylic oxidation sites excluding steroid dienone is 3. The first-order valence-corrected chi connectivity index (χ1v) is 9.87. The molecule has 0 aromatic carbocycles. The second kappa shape index (κ2) is 7.68. The van der Waals surface area contributed by atoms with E-state index in [2.05, 4.69) is 20.3 Å². The van der Waals surface area contributed by atoms with E-state index >= 15 is 0 Å². The molecule has 0 atom stereocenters. The Bertz CT molecular complexity index is 1230. The van der Waals surface area contributed by atoms with Gasteiger partial charge in [-0.1, -0.05) is 11.3 Å². The van der Waals surface area contributed by atoms with Crippen LogP contribution in [0.2, 0.25) is 0 Å². The fraction of sp³-hybridized carbons (Fsp3) is 0.286. The van der Waals surface area contributed by atoms with Gasteiger partial charge in [-0.3, -0.25) is 9.59 Å². The minimum absolute atomic E-state index is 0.0733. The van der Waals surface area contributed by atoms with Crippen molar-refractivity contribution >= 4 is 22.6 Å². The zero-order chi connectivity index (χ0) is 20.5. The average Bonchev–Trinajstić information content (AvgIpc) is 3.29. The highest BCUT2D eigenvalue weighted by Gasteiger charge is 2.22. The third-order valence-corrected chi connectivity index (χ3v) is 5.38. The van der Waals surface area contributed by atoms with Gasteiger partial charge in [0.05, 0.1) is 25.0 Å². The molecule has 1 aliphatic heterocycles. The predicted octanol–water partition coefficient (Wildman–Crippen LogP) is 1.60. The summed E-state index contributed by atoms with van der Waals surface area (Å²) < 4.78 is 6.97. The summed E-state index contributed by atoms with van der Waals surface area (Å²) in [6, 6.07) is 5.47. The van der Waals surface area contributed by atoms with Gasteiger partial charge in [-0.25, -0.2) is 9.67 Å². The first kappa shape index (κ1) is 18.4. The van der Waals surface area contributed by atoms with Crippen molar-refractivity contribution in [2.24, 2.45) is 0 Å². The number of nitrogens with zero attached hydrogens (tertiary/aromatic N) is 5. The molecule has 30 heavy (non-hydrogen) atoms. The van der Waals surface area contributed by atoms with Gasteiger partial charge in [-0.2, -0.15) is 0 Å². The van der Waals surface area contributed by atoms with Gasteiger partial charge in [0, 0.05) is 35.9 Å². The highest BCUT2D eigenvalue weighted by molar-refractivity contribution is 5.94. The molecule has 1 amide bonds. The van der Waals surface area contributed by atoms with E-state index in [1.807, 2.05) is 29.2 Å². The predicted molar refractivity (Wildman–Crippen MR) is 110 cm³/mol. The first-order chi connectivity index (χ1) is 14.7. The summed E-state index contributed by atoms with van der Waals surface area (Å²) in [5.41, 5.74) is 2.92. The second-order valence-electron chi connectivity index (χ2n) is 7.26. The van der Waals surface area contributed by atoms with Crippen LogP contribution >= 0.6 is 0 Å². The number of fused-ring (bicyclic) bond motifs is 1. The van der Waals surface area contributed by atoms with Crippen LogP contribution in [-0.4, -0.2) is 62.1 Å². The molecule has 3 aromatic rings. The normalized spacial score (nSPS) is 17.0. The highest BCUT2D eigenvalue weighted by Crippen LogP contribution is 2.25. The lowest BCUT2D eigenvalue weighted by Crippen LogP contribution is -2.41. The van der Waals surface area contributed by atoms with E-state index in [1.54, 1.807) is 23.1 Å². The summed E-state index contributed by atoms with van der Waals surface area (Å²) in [5, 5.41) is 9.19. The Morgan fingerprint density at radius 2 is 2.03 bits per heavy atom. The van der Waals surface area contributed by atoms with Crippen molar-refractivity contribution < 1.29 is 9.53 Å². The SMILES string of the molecule is O=C(C1=CC=C(n2cc(-c3cc4cccnc4[nH]c3=O)nn2)CC1)N1CCOCC1. The van der Waals surface area contributed by atoms with Crippen LogP contribution in [0.5, 0.6) is 0 Å². The molecule has 4 heterocycles. The second-order valence-corrected chi connectivity index (χ2v) is 7.26. The third kappa shape index (κ3) is 3.43. The number of hydrogen-bond acceptors (Lipinski definition) is 6. The third-order valence-electron chi connectivity index (χ3n) is 5.38. The van der Waals surface area contributed by atoms with Gasteiger partial charge >= 0.3 is 0 Å². The molecule has 152 valence electrons. The van der Waals surface area contributed by atoms with E-state index in [-0.39, 0.29) is 11.5 Å². The Labute approximate surface area is 171 Å². The van der Waals surface area contributed by atoms with Gasteiger partial charge in [-0.05, 0) is 37.1 Å². The van der Waals surface area contributed by atoms with Crippen molar-refractivity contribution in [2.75, 3.05) is 26.3 Å². The molecule has 1 aliphatic carbocycles. The van der Waals surface area contributed by atoms with E-state index in [1.165, 1.54) is 0 Å². The van der Waals surface area contributed by atoms with Crippen molar-refractivity contribution in [1.29, 1.82) is 0 Å². The van der Waals surface area contributed by atoms with Crippen LogP contribution in [0.1, 0.15) is 12.8 Å². The summed E-state index contributed by atoms with van der Waals surface area (Å²) in [6.07, 6.45) is 8.43. The Kier molecular flexibility index (Phi) is 4.72. The lowest BCUT2D eigenvalue weighted by atomic mass is 10.0. The van der Waals surface area contributed by atoms with Crippen LogP contribution in [0.3, 0.4) is 0 Å². The zero-order valence-electron chi connectivity index (χ0n) is 16.2. The number of morpholine rings is 1. The molecule has 3 aromatic heterocycles.